The van der Waals surface area contributed by atoms with Crippen molar-refractivity contribution in [2.24, 2.45) is 11.8 Å². The fourth-order valence-electron chi connectivity index (χ4n) is 4.99. The molecule has 4 rings (SSSR count). The van der Waals surface area contributed by atoms with Crippen LogP contribution in [0.25, 0.3) is 0 Å². The van der Waals surface area contributed by atoms with Gasteiger partial charge >= 0.3 is 6.09 Å². The number of hydrogen-bond donors (Lipinski definition) is 2. The lowest BCUT2D eigenvalue weighted by atomic mass is 9.89. The van der Waals surface area contributed by atoms with Crippen LogP contribution in [-0.4, -0.2) is 65.5 Å². The van der Waals surface area contributed by atoms with Gasteiger partial charge in [-0.25, -0.2) is 14.2 Å². The van der Waals surface area contributed by atoms with E-state index in [4.69, 9.17) is 16.7 Å². The van der Waals surface area contributed by atoms with E-state index in [1.807, 2.05) is 6.07 Å². The third kappa shape index (κ3) is 5.73. The van der Waals surface area contributed by atoms with E-state index in [1.165, 1.54) is 13.0 Å². The van der Waals surface area contributed by atoms with Crippen molar-refractivity contribution >= 4 is 35.2 Å². The maximum atomic E-state index is 13.7. The predicted octanol–water partition coefficient (Wildman–Crippen LogP) is 3.80. The molecule has 186 valence electrons. The average Bonchev–Trinajstić information content (AvgIpc) is 3.28. The van der Waals surface area contributed by atoms with Gasteiger partial charge in [-0.15, -0.1) is 0 Å². The van der Waals surface area contributed by atoms with E-state index in [0.29, 0.717) is 44.6 Å². The number of carboxylic acid groups (broad SMARTS) is 1. The second kappa shape index (κ2) is 10.6. The Morgan fingerprint density at radius 1 is 1.17 bits per heavy atom. The molecule has 3 heterocycles. The van der Waals surface area contributed by atoms with Crippen LogP contribution in [0.4, 0.5) is 15.0 Å². The van der Waals surface area contributed by atoms with E-state index in [2.05, 4.69) is 15.2 Å². The number of benzene rings is 1. The number of amides is 2. The number of carbonyl (C=O) groups excluding carboxylic acids is 2. The molecule has 2 aliphatic rings. The Hall–Kier alpha value is -3.20. The van der Waals surface area contributed by atoms with Gasteiger partial charge in [-0.1, -0.05) is 17.7 Å². The molecule has 2 N–H and O–H groups in total. The molecule has 2 aliphatic heterocycles. The minimum Gasteiger partial charge on any atom is -0.465 e. The molecule has 2 amide bonds. The van der Waals surface area contributed by atoms with E-state index >= 15 is 0 Å². The molecule has 8 nitrogen and oxygen atoms in total. The van der Waals surface area contributed by atoms with Gasteiger partial charge in [0.25, 0.3) is 0 Å². The van der Waals surface area contributed by atoms with E-state index in [0.717, 1.165) is 11.4 Å². The highest BCUT2D eigenvalue weighted by Crippen LogP contribution is 2.36. The van der Waals surface area contributed by atoms with Crippen molar-refractivity contribution in [3.8, 4) is 0 Å². The number of halogens is 2. The molecule has 1 aromatic carbocycles. The number of likely N-dealkylation sites (tertiary alicyclic amines) is 1. The van der Waals surface area contributed by atoms with Crippen molar-refractivity contribution in [1.82, 2.24) is 15.2 Å². The Kier molecular flexibility index (Phi) is 7.54. The number of hydrogen-bond acceptors (Lipinski definition) is 5. The van der Waals surface area contributed by atoms with Crippen molar-refractivity contribution in [2.75, 3.05) is 37.6 Å². The summed E-state index contributed by atoms with van der Waals surface area (Å²) in [5.41, 5.74) is 1.36. The summed E-state index contributed by atoms with van der Waals surface area (Å²) in [5.74, 6) is -0.119. The van der Waals surface area contributed by atoms with Gasteiger partial charge in [-0.3, -0.25) is 9.59 Å². The van der Waals surface area contributed by atoms with Gasteiger partial charge in [-0.2, -0.15) is 0 Å². The fourth-order valence-corrected chi connectivity index (χ4v) is 5.18. The Morgan fingerprint density at radius 3 is 2.51 bits per heavy atom. The molecule has 0 aliphatic carbocycles. The number of ketones is 1. The van der Waals surface area contributed by atoms with Crippen LogP contribution in [0.5, 0.6) is 0 Å². The van der Waals surface area contributed by atoms with Gasteiger partial charge in [0, 0.05) is 62.2 Å². The molecule has 0 bridgehead atoms. The van der Waals surface area contributed by atoms with Gasteiger partial charge in [0.2, 0.25) is 5.91 Å². The summed E-state index contributed by atoms with van der Waals surface area (Å²) in [4.78, 5) is 44.2. The number of anilines is 1. The molecule has 0 radical (unpaired) electrons. The van der Waals surface area contributed by atoms with Crippen LogP contribution < -0.4 is 10.2 Å². The van der Waals surface area contributed by atoms with E-state index < -0.39 is 11.9 Å². The molecule has 2 fully saturated rings. The van der Waals surface area contributed by atoms with Crippen molar-refractivity contribution in [3.05, 3.63) is 58.5 Å². The Morgan fingerprint density at radius 2 is 1.91 bits per heavy atom. The molecule has 0 spiro atoms. The van der Waals surface area contributed by atoms with Gasteiger partial charge in [-0.05, 0) is 49.6 Å². The van der Waals surface area contributed by atoms with E-state index in [-0.39, 0.29) is 41.0 Å². The average molecular weight is 503 g/mol. The second-order valence-electron chi connectivity index (χ2n) is 9.19. The van der Waals surface area contributed by atoms with Gasteiger partial charge < -0.3 is 20.2 Å². The molecule has 0 unspecified atom stereocenters. The van der Waals surface area contributed by atoms with E-state index in [1.54, 1.807) is 29.3 Å². The topological polar surface area (TPSA) is 103 Å². The Labute approximate surface area is 208 Å². The van der Waals surface area contributed by atoms with Crippen LogP contribution in [0.2, 0.25) is 5.02 Å². The number of pyridine rings is 1. The number of nitrogens with zero attached hydrogens (tertiary/aromatic N) is 3. The standard InChI is InChI=1S/C25H28ClFN4O4/c1-15(32)18-3-5-23(28-11-18)30-8-6-16(7-9-30)24(33)31-13-19(12-29-25(34)35)20(14-31)17-2-4-22(27)21(26)10-17/h2-5,10-11,16,19-20,29H,6-9,12-14H2,1H3,(H,34,35)/t19-,20-/m0/s1. The van der Waals surface area contributed by atoms with Gasteiger partial charge in [0.05, 0.1) is 5.02 Å². The number of piperidine rings is 1. The summed E-state index contributed by atoms with van der Waals surface area (Å²) in [6.07, 6.45) is 1.81. The first kappa shape index (κ1) is 24.9. The molecular weight excluding hydrogens is 475 g/mol. The highest BCUT2D eigenvalue weighted by molar-refractivity contribution is 6.30. The van der Waals surface area contributed by atoms with E-state index in [9.17, 15) is 18.8 Å². The number of Topliss-reactive ketones (excluding diaryl/α,β-unsaturated/α-hetero) is 1. The van der Waals surface area contributed by atoms with Crippen molar-refractivity contribution in [1.29, 1.82) is 0 Å². The minimum absolute atomic E-state index is 0.00883. The molecule has 1 aromatic heterocycles. The molecular formula is C25H28ClFN4O4. The summed E-state index contributed by atoms with van der Waals surface area (Å²) in [6.45, 7) is 3.91. The fraction of sp³-hybridized carbons (Fsp3) is 0.440. The quantitative estimate of drug-likeness (QED) is 0.582. The lowest BCUT2D eigenvalue weighted by Crippen LogP contribution is -2.42. The summed E-state index contributed by atoms with van der Waals surface area (Å²) in [6, 6.07) is 8.11. The zero-order valence-electron chi connectivity index (χ0n) is 19.4. The zero-order valence-corrected chi connectivity index (χ0v) is 20.2. The third-order valence-corrected chi connectivity index (χ3v) is 7.25. The smallest absolute Gasteiger partial charge is 0.404 e. The van der Waals surface area contributed by atoms with Crippen LogP contribution in [-0.2, 0) is 4.79 Å². The van der Waals surface area contributed by atoms with Crippen LogP contribution in [0.3, 0.4) is 0 Å². The normalized spacial score (nSPS) is 20.7. The highest BCUT2D eigenvalue weighted by Gasteiger charge is 2.39. The predicted molar refractivity (Wildman–Crippen MR) is 129 cm³/mol. The second-order valence-corrected chi connectivity index (χ2v) is 9.60. The first-order valence-corrected chi connectivity index (χ1v) is 12.0. The molecule has 2 aromatic rings. The molecule has 2 atom stereocenters. The summed E-state index contributed by atoms with van der Waals surface area (Å²) in [5, 5.41) is 11.5. The molecule has 2 saturated heterocycles. The third-order valence-electron chi connectivity index (χ3n) is 6.96. The van der Waals surface area contributed by atoms with Crippen molar-refractivity contribution in [2.45, 2.75) is 25.7 Å². The van der Waals surface area contributed by atoms with Crippen LogP contribution in [0.1, 0.15) is 41.6 Å². The van der Waals surface area contributed by atoms with Gasteiger partial charge in [0.15, 0.2) is 5.78 Å². The number of nitrogens with one attached hydrogen (secondary N) is 1. The van der Waals surface area contributed by atoms with Gasteiger partial charge in [0.1, 0.15) is 11.6 Å². The number of aromatic nitrogens is 1. The lowest BCUT2D eigenvalue weighted by Gasteiger charge is -2.34. The zero-order chi connectivity index (χ0) is 25.1. The molecule has 35 heavy (non-hydrogen) atoms. The summed E-state index contributed by atoms with van der Waals surface area (Å²) < 4.78 is 13.7. The van der Waals surface area contributed by atoms with Crippen LogP contribution in [0, 0.1) is 17.7 Å². The lowest BCUT2D eigenvalue weighted by molar-refractivity contribution is -0.135. The minimum atomic E-state index is -1.12. The first-order valence-electron chi connectivity index (χ1n) is 11.7. The first-order chi connectivity index (χ1) is 16.7. The number of carbonyl (C=O) groups is 3. The summed E-state index contributed by atoms with van der Waals surface area (Å²) in [7, 11) is 0. The molecule has 10 heteroatoms. The maximum absolute atomic E-state index is 13.7. The largest absolute Gasteiger partial charge is 0.465 e. The van der Waals surface area contributed by atoms with Crippen LogP contribution in [0.15, 0.2) is 36.5 Å². The van der Waals surface area contributed by atoms with Crippen LogP contribution >= 0.6 is 11.6 Å². The summed E-state index contributed by atoms with van der Waals surface area (Å²) >= 11 is 5.98. The Bertz CT molecular complexity index is 1110. The maximum Gasteiger partial charge on any atom is 0.404 e. The molecule has 0 saturated carbocycles. The highest BCUT2D eigenvalue weighted by atomic mass is 35.5. The SMILES string of the molecule is CC(=O)c1ccc(N2CCC(C(=O)N3C[C@H](CNC(=O)O)[C@H](c4ccc(F)c(Cl)c4)C3)CC2)nc1. The Balaban J connectivity index is 1.40. The van der Waals surface area contributed by atoms with Crippen molar-refractivity contribution in [3.63, 3.8) is 0 Å². The van der Waals surface area contributed by atoms with Crippen molar-refractivity contribution < 1.29 is 23.9 Å². The monoisotopic (exact) mass is 502 g/mol. The number of rotatable bonds is 6.